The van der Waals surface area contributed by atoms with E-state index in [4.69, 9.17) is 57.5 Å². The van der Waals surface area contributed by atoms with Crippen LogP contribution >= 0.6 is 47.0 Å². The van der Waals surface area contributed by atoms with Gasteiger partial charge in [0.25, 0.3) is 0 Å². The predicted octanol–water partition coefficient (Wildman–Crippen LogP) is 5.00. The second-order valence-electron chi connectivity index (χ2n) is 4.20. The Hall–Kier alpha value is -1.07. The normalized spacial score (nSPS) is 10.5. The summed E-state index contributed by atoms with van der Waals surface area (Å²) in [6.45, 7) is 0.0639. The molecule has 2 aromatic carbocycles. The zero-order chi connectivity index (χ0) is 15.6. The topological polar surface area (TPSA) is 35.2 Å². The molecule has 0 aliphatic heterocycles. The lowest BCUT2D eigenvalue weighted by Gasteiger charge is -2.11. The Balaban J connectivity index is 2.23. The molecule has 2 N–H and O–H groups in total. The standard InChI is InChI=1S/C14H9Cl3FNOS/c15-9-4-11(16)13(12(17)5-9)20-6-7-1-8(14(19)21)3-10(18)2-7/h1-5H,6H2,(H2,19,21). The van der Waals surface area contributed by atoms with Crippen LogP contribution in [0, 0.1) is 5.82 Å². The van der Waals surface area contributed by atoms with Crippen LogP contribution < -0.4 is 10.5 Å². The van der Waals surface area contributed by atoms with Crippen molar-refractivity contribution in [3.8, 4) is 5.75 Å². The molecule has 0 heterocycles. The Morgan fingerprint density at radius 2 is 1.71 bits per heavy atom. The Morgan fingerprint density at radius 3 is 2.29 bits per heavy atom. The van der Waals surface area contributed by atoms with Gasteiger partial charge in [-0.2, -0.15) is 0 Å². The van der Waals surface area contributed by atoms with Gasteiger partial charge in [-0.25, -0.2) is 4.39 Å². The maximum atomic E-state index is 13.5. The summed E-state index contributed by atoms with van der Waals surface area (Å²) in [5, 5.41) is 0.954. The highest BCUT2D eigenvalue weighted by atomic mass is 35.5. The van der Waals surface area contributed by atoms with Crippen molar-refractivity contribution in [1.82, 2.24) is 0 Å². The fraction of sp³-hybridized carbons (Fsp3) is 0.0714. The second kappa shape index (κ2) is 6.79. The highest BCUT2D eigenvalue weighted by Crippen LogP contribution is 2.36. The van der Waals surface area contributed by atoms with Gasteiger partial charge in [0, 0.05) is 10.6 Å². The highest BCUT2D eigenvalue weighted by Gasteiger charge is 2.10. The molecule has 7 heteroatoms. The van der Waals surface area contributed by atoms with Gasteiger partial charge in [0.2, 0.25) is 0 Å². The van der Waals surface area contributed by atoms with E-state index in [0.29, 0.717) is 16.1 Å². The smallest absolute Gasteiger partial charge is 0.157 e. The summed E-state index contributed by atoms with van der Waals surface area (Å²) in [5.41, 5.74) is 6.47. The van der Waals surface area contributed by atoms with Crippen LogP contribution in [-0.4, -0.2) is 4.99 Å². The van der Waals surface area contributed by atoms with Gasteiger partial charge >= 0.3 is 0 Å². The average Bonchev–Trinajstić information content (AvgIpc) is 2.36. The molecule has 21 heavy (non-hydrogen) atoms. The van der Waals surface area contributed by atoms with E-state index in [2.05, 4.69) is 0 Å². The minimum Gasteiger partial charge on any atom is -0.486 e. The predicted molar refractivity (Wildman–Crippen MR) is 88.1 cm³/mol. The fourth-order valence-corrected chi connectivity index (χ4v) is 2.74. The summed E-state index contributed by atoms with van der Waals surface area (Å²) in [4.78, 5) is 0.110. The summed E-state index contributed by atoms with van der Waals surface area (Å²) in [6, 6.07) is 7.24. The molecule has 0 saturated heterocycles. The molecular formula is C14H9Cl3FNOS. The van der Waals surface area contributed by atoms with E-state index in [1.807, 2.05) is 0 Å². The summed E-state index contributed by atoms with van der Waals surface area (Å²) in [5.74, 6) is -0.170. The molecule has 110 valence electrons. The lowest BCUT2D eigenvalue weighted by Crippen LogP contribution is -2.10. The monoisotopic (exact) mass is 363 g/mol. The van der Waals surface area contributed by atoms with Gasteiger partial charge in [-0.3, -0.25) is 0 Å². The van der Waals surface area contributed by atoms with Gasteiger partial charge in [-0.05, 0) is 35.9 Å². The quantitative estimate of drug-likeness (QED) is 0.775. The molecule has 0 fully saturated rings. The minimum atomic E-state index is -0.452. The van der Waals surface area contributed by atoms with Gasteiger partial charge < -0.3 is 10.5 Å². The van der Waals surface area contributed by atoms with Gasteiger partial charge in [0.15, 0.2) is 5.75 Å². The Kier molecular flexibility index (Phi) is 5.27. The Bertz CT molecular complexity index is 686. The summed E-state index contributed by atoms with van der Waals surface area (Å²) >= 11 is 22.7. The first-order valence-electron chi connectivity index (χ1n) is 5.73. The van der Waals surface area contributed by atoms with Crippen molar-refractivity contribution >= 4 is 52.0 Å². The maximum absolute atomic E-state index is 13.5. The molecule has 0 radical (unpaired) electrons. The number of halogens is 4. The lowest BCUT2D eigenvalue weighted by molar-refractivity contribution is 0.306. The van der Waals surface area contributed by atoms with Crippen LogP contribution in [0.4, 0.5) is 4.39 Å². The molecule has 0 aliphatic rings. The number of ether oxygens (including phenoxy) is 1. The van der Waals surface area contributed by atoms with Crippen molar-refractivity contribution in [3.05, 3.63) is 62.3 Å². The molecule has 0 saturated carbocycles. The molecule has 0 atom stereocenters. The SMILES string of the molecule is NC(=S)c1cc(F)cc(COc2c(Cl)cc(Cl)cc2Cl)c1. The third-order valence-corrected chi connectivity index (χ3v) is 3.60. The van der Waals surface area contributed by atoms with Crippen LogP contribution in [0.1, 0.15) is 11.1 Å². The molecule has 0 spiro atoms. The van der Waals surface area contributed by atoms with Gasteiger partial charge in [-0.15, -0.1) is 0 Å². The molecule has 2 aromatic rings. The number of benzene rings is 2. The second-order valence-corrected chi connectivity index (χ2v) is 5.89. The van der Waals surface area contributed by atoms with E-state index in [1.54, 1.807) is 6.07 Å². The third kappa shape index (κ3) is 4.20. The van der Waals surface area contributed by atoms with E-state index in [9.17, 15) is 4.39 Å². The van der Waals surface area contributed by atoms with Crippen molar-refractivity contribution in [3.63, 3.8) is 0 Å². The van der Waals surface area contributed by atoms with E-state index < -0.39 is 5.82 Å². The maximum Gasteiger partial charge on any atom is 0.157 e. The molecule has 0 amide bonds. The molecule has 0 bridgehead atoms. The van der Waals surface area contributed by atoms with Crippen LogP contribution in [0.3, 0.4) is 0 Å². The first-order valence-corrected chi connectivity index (χ1v) is 7.27. The third-order valence-electron chi connectivity index (χ3n) is 2.59. The first-order chi connectivity index (χ1) is 9.86. The van der Waals surface area contributed by atoms with E-state index in [0.717, 1.165) is 0 Å². The van der Waals surface area contributed by atoms with Gasteiger partial charge in [0.1, 0.15) is 17.4 Å². The van der Waals surface area contributed by atoms with Crippen molar-refractivity contribution < 1.29 is 9.13 Å². The summed E-state index contributed by atoms with van der Waals surface area (Å²) in [7, 11) is 0. The molecule has 2 nitrogen and oxygen atoms in total. The fourth-order valence-electron chi connectivity index (χ4n) is 1.70. The van der Waals surface area contributed by atoms with Gasteiger partial charge in [-0.1, -0.05) is 47.0 Å². The van der Waals surface area contributed by atoms with Crippen molar-refractivity contribution in [2.75, 3.05) is 0 Å². The first kappa shape index (κ1) is 16.3. The average molecular weight is 365 g/mol. The largest absolute Gasteiger partial charge is 0.486 e. The zero-order valence-electron chi connectivity index (χ0n) is 10.5. The van der Waals surface area contributed by atoms with Crippen LogP contribution in [0.25, 0.3) is 0 Å². The molecule has 0 unspecified atom stereocenters. The van der Waals surface area contributed by atoms with Crippen molar-refractivity contribution in [2.45, 2.75) is 6.61 Å². The molecular weight excluding hydrogens is 356 g/mol. The van der Waals surface area contributed by atoms with E-state index in [1.165, 1.54) is 24.3 Å². The number of hydrogen-bond acceptors (Lipinski definition) is 2. The zero-order valence-corrected chi connectivity index (χ0v) is 13.6. The summed E-state index contributed by atoms with van der Waals surface area (Å²) < 4.78 is 19.0. The molecule has 0 aliphatic carbocycles. The highest BCUT2D eigenvalue weighted by molar-refractivity contribution is 7.80. The molecule has 0 aromatic heterocycles. The van der Waals surface area contributed by atoms with E-state index in [-0.39, 0.29) is 27.4 Å². The van der Waals surface area contributed by atoms with E-state index >= 15 is 0 Å². The van der Waals surface area contributed by atoms with Crippen LogP contribution in [0.5, 0.6) is 5.75 Å². The minimum absolute atomic E-state index is 0.0639. The summed E-state index contributed by atoms with van der Waals surface area (Å²) in [6.07, 6.45) is 0. The number of nitrogens with two attached hydrogens (primary N) is 1. The number of rotatable bonds is 4. The van der Waals surface area contributed by atoms with Crippen molar-refractivity contribution in [2.24, 2.45) is 5.73 Å². The van der Waals surface area contributed by atoms with Crippen LogP contribution in [0.2, 0.25) is 15.1 Å². The van der Waals surface area contributed by atoms with Crippen LogP contribution in [0.15, 0.2) is 30.3 Å². The van der Waals surface area contributed by atoms with Crippen molar-refractivity contribution in [1.29, 1.82) is 0 Å². The number of thiocarbonyl (C=S) groups is 1. The number of hydrogen-bond donors (Lipinski definition) is 1. The van der Waals surface area contributed by atoms with Gasteiger partial charge in [0.05, 0.1) is 10.0 Å². The molecule has 2 rings (SSSR count). The Morgan fingerprint density at radius 1 is 1.10 bits per heavy atom. The Labute approximate surface area is 141 Å². The van der Waals surface area contributed by atoms with Crippen LogP contribution in [-0.2, 0) is 6.61 Å². The lowest BCUT2D eigenvalue weighted by atomic mass is 10.1.